The van der Waals surface area contributed by atoms with Crippen molar-refractivity contribution in [3.63, 3.8) is 0 Å². The van der Waals surface area contributed by atoms with E-state index in [1.807, 2.05) is 13.0 Å². The van der Waals surface area contributed by atoms with Crippen LogP contribution in [0.25, 0.3) is 0 Å². The van der Waals surface area contributed by atoms with Crippen LogP contribution in [0.5, 0.6) is 5.75 Å². The van der Waals surface area contributed by atoms with E-state index >= 15 is 0 Å². The topological polar surface area (TPSA) is 34.1 Å². The second-order valence-electron chi connectivity index (χ2n) is 3.91. The first-order valence-electron chi connectivity index (χ1n) is 5.48. The Morgan fingerprint density at radius 2 is 2.24 bits per heavy atom. The van der Waals surface area contributed by atoms with E-state index in [0.717, 1.165) is 23.7 Å². The van der Waals surface area contributed by atoms with Gasteiger partial charge in [-0.2, -0.15) is 0 Å². The molecule has 0 atom stereocenters. The van der Waals surface area contributed by atoms with Crippen molar-refractivity contribution in [3.8, 4) is 5.75 Å². The number of ether oxygens (including phenoxy) is 1. The molecule has 0 saturated heterocycles. The molecule has 2 aromatic rings. The Labute approximate surface area is 105 Å². The molecule has 0 aliphatic carbocycles. The van der Waals surface area contributed by atoms with E-state index in [1.165, 1.54) is 10.4 Å². The maximum atomic E-state index is 5.28. The van der Waals surface area contributed by atoms with Crippen molar-refractivity contribution < 1.29 is 4.74 Å². The number of nitrogens with one attached hydrogen (secondary N) is 1. The molecule has 0 aliphatic rings. The van der Waals surface area contributed by atoms with Crippen LogP contribution < -0.4 is 10.1 Å². The molecule has 2 heterocycles. The fourth-order valence-electron chi connectivity index (χ4n) is 1.61. The molecule has 4 heteroatoms. The van der Waals surface area contributed by atoms with Gasteiger partial charge in [0.15, 0.2) is 5.75 Å². The van der Waals surface area contributed by atoms with Crippen LogP contribution in [0.4, 0.5) is 5.69 Å². The predicted octanol–water partition coefficient (Wildman–Crippen LogP) is 3.38. The summed E-state index contributed by atoms with van der Waals surface area (Å²) in [4.78, 5) is 5.56. The maximum Gasteiger partial charge on any atom is 0.160 e. The van der Waals surface area contributed by atoms with Gasteiger partial charge < -0.3 is 10.1 Å². The Hall–Kier alpha value is -1.55. The molecule has 3 nitrogen and oxygen atoms in total. The van der Waals surface area contributed by atoms with Crippen LogP contribution in [0.2, 0.25) is 0 Å². The van der Waals surface area contributed by atoms with Gasteiger partial charge in [-0.1, -0.05) is 0 Å². The van der Waals surface area contributed by atoms with Gasteiger partial charge in [0, 0.05) is 17.1 Å². The third-order valence-electron chi connectivity index (χ3n) is 2.63. The normalized spacial score (nSPS) is 10.3. The number of anilines is 1. The van der Waals surface area contributed by atoms with Gasteiger partial charge in [0.2, 0.25) is 0 Å². The highest BCUT2D eigenvalue weighted by Crippen LogP contribution is 2.25. The molecule has 0 aromatic carbocycles. The quantitative estimate of drug-likeness (QED) is 0.900. The van der Waals surface area contributed by atoms with Crippen molar-refractivity contribution in [3.05, 3.63) is 39.8 Å². The lowest BCUT2D eigenvalue weighted by Crippen LogP contribution is -2.02. The standard InChI is InChI=1S/C13H16N2OS/c1-9-4-5-17-13(9)8-15-11-6-10(2)14-7-12(11)16-3/h4-7H,8H2,1-3H3,(H,14,15). The first kappa shape index (κ1) is 11.9. The van der Waals surface area contributed by atoms with Crippen LogP contribution in [0, 0.1) is 13.8 Å². The molecule has 0 fully saturated rings. The van der Waals surface area contributed by atoms with Crippen LogP contribution in [0.3, 0.4) is 0 Å². The Morgan fingerprint density at radius 1 is 1.41 bits per heavy atom. The van der Waals surface area contributed by atoms with Gasteiger partial charge in [0.1, 0.15) is 0 Å². The summed E-state index contributed by atoms with van der Waals surface area (Å²) in [6.07, 6.45) is 1.75. The average Bonchev–Trinajstić information content (AvgIpc) is 2.72. The summed E-state index contributed by atoms with van der Waals surface area (Å²) in [7, 11) is 1.66. The number of thiophene rings is 1. The molecule has 0 amide bonds. The van der Waals surface area contributed by atoms with E-state index in [2.05, 4.69) is 28.7 Å². The SMILES string of the molecule is COc1cnc(C)cc1NCc1sccc1C. The monoisotopic (exact) mass is 248 g/mol. The first-order valence-corrected chi connectivity index (χ1v) is 6.36. The summed E-state index contributed by atoms with van der Waals surface area (Å²) < 4.78 is 5.28. The largest absolute Gasteiger partial charge is 0.493 e. The van der Waals surface area contributed by atoms with E-state index in [-0.39, 0.29) is 0 Å². The molecule has 90 valence electrons. The Bertz CT molecular complexity index is 508. The van der Waals surface area contributed by atoms with Crippen molar-refractivity contribution in [1.82, 2.24) is 4.98 Å². The summed E-state index contributed by atoms with van der Waals surface area (Å²) in [5.41, 5.74) is 3.30. The highest BCUT2D eigenvalue weighted by atomic mass is 32.1. The fraction of sp³-hybridized carbons (Fsp3) is 0.308. The van der Waals surface area contributed by atoms with Gasteiger partial charge in [0.05, 0.1) is 19.0 Å². The molecule has 0 spiro atoms. The molecule has 2 aromatic heterocycles. The van der Waals surface area contributed by atoms with Gasteiger partial charge >= 0.3 is 0 Å². The number of hydrogen-bond donors (Lipinski definition) is 1. The van der Waals surface area contributed by atoms with Crippen LogP contribution in [-0.4, -0.2) is 12.1 Å². The zero-order chi connectivity index (χ0) is 12.3. The second-order valence-corrected chi connectivity index (χ2v) is 4.91. The minimum Gasteiger partial charge on any atom is -0.493 e. The van der Waals surface area contributed by atoms with Crippen molar-refractivity contribution in [2.45, 2.75) is 20.4 Å². The van der Waals surface area contributed by atoms with Gasteiger partial charge in [-0.25, -0.2) is 0 Å². The molecule has 17 heavy (non-hydrogen) atoms. The first-order chi connectivity index (χ1) is 8.20. The van der Waals surface area contributed by atoms with E-state index in [4.69, 9.17) is 4.74 Å². The highest BCUT2D eigenvalue weighted by Gasteiger charge is 2.05. The molecular weight excluding hydrogens is 232 g/mol. The van der Waals surface area contributed by atoms with Gasteiger partial charge in [-0.15, -0.1) is 11.3 Å². The van der Waals surface area contributed by atoms with E-state index in [9.17, 15) is 0 Å². The lowest BCUT2D eigenvalue weighted by Gasteiger charge is -2.11. The van der Waals surface area contributed by atoms with Crippen molar-refractivity contribution in [1.29, 1.82) is 0 Å². The summed E-state index contributed by atoms with van der Waals surface area (Å²) >= 11 is 1.77. The van der Waals surface area contributed by atoms with Gasteiger partial charge in [-0.3, -0.25) is 4.98 Å². The van der Waals surface area contributed by atoms with E-state index in [0.29, 0.717) is 0 Å². The Morgan fingerprint density at radius 3 is 2.88 bits per heavy atom. The summed E-state index contributed by atoms with van der Waals surface area (Å²) in [5, 5.41) is 5.51. The Balaban J connectivity index is 2.13. The number of aromatic nitrogens is 1. The second kappa shape index (κ2) is 5.19. The minimum absolute atomic E-state index is 0.782. The van der Waals surface area contributed by atoms with Crippen LogP contribution in [0.1, 0.15) is 16.1 Å². The van der Waals surface area contributed by atoms with E-state index in [1.54, 1.807) is 24.6 Å². The van der Waals surface area contributed by atoms with Crippen molar-refractivity contribution in [2.75, 3.05) is 12.4 Å². The number of hydrogen-bond acceptors (Lipinski definition) is 4. The maximum absolute atomic E-state index is 5.28. The average molecular weight is 248 g/mol. The lowest BCUT2D eigenvalue weighted by atomic mass is 10.2. The van der Waals surface area contributed by atoms with Gasteiger partial charge in [-0.05, 0) is 36.9 Å². The van der Waals surface area contributed by atoms with E-state index < -0.39 is 0 Å². The lowest BCUT2D eigenvalue weighted by molar-refractivity contribution is 0.414. The third kappa shape index (κ3) is 2.77. The van der Waals surface area contributed by atoms with Crippen molar-refractivity contribution in [2.24, 2.45) is 0 Å². The molecular formula is C13H16N2OS. The third-order valence-corrected chi connectivity index (χ3v) is 3.65. The highest BCUT2D eigenvalue weighted by molar-refractivity contribution is 7.10. The molecule has 1 N–H and O–H groups in total. The number of pyridine rings is 1. The molecule has 0 unspecified atom stereocenters. The van der Waals surface area contributed by atoms with Crippen LogP contribution in [0.15, 0.2) is 23.7 Å². The molecule has 0 bridgehead atoms. The van der Waals surface area contributed by atoms with Crippen LogP contribution >= 0.6 is 11.3 Å². The fourth-order valence-corrected chi connectivity index (χ4v) is 2.45. The molecule has 0 aliphatic heterocycles. The number of methoxy groups -OCH3 is 1. The molecule has 0 saturated carbocycles. The summed E-state index contributed by atoms with van der Waals surface area (Å²) in [6, 6.07) is 4.14. The zero-order valence-corrected chi connectivity index (χ0v) is 11.1. The summed E-state index contributed by atoms with van der Waals surface area (Å²) in [6.45, 7) is 4.92. The predicted molar refractivity (Wildman–Crippen MR) is 71.9 cm³/mol. The molecule has 2 rings (SSSR count). The number of rotatable bonds is 4. The zero-order valence-electron chi connectivity index (χ0n) is 10.3. The minimum atomic E-state index is 0.782. The van der Waals surface area contributed by atoms with Gasteiger partial charge in [0.25, 0.3) is 0 Å². The smallest absolute Gasteiger partial charge is 0.160 e. The summed E-state index contributed by atoms with van der Waals surface area (Å²) in [5.74, 6) is 0.782. The van der Waals surface area contributed by atoms with Crippen molar-refractivity contribution >= 4 is 17.0 Å². The molecule has 0 radical (unpaired) electrons. The van der Waals surface area contributed by atoms with Crippen LogP contribution in [-0.2, 0) is 6.54 Å². The Kier molecular flexibility index (Phi) is 3.64. The number of aryl methyl sites for hydroxylation is 2. The number of nitrogens with zero attached hydrogens (tertiary/aromatic N) is 1.